The van der Waals surface area contributed by atoms with E-state index in [9.17, 15) is 13.2 Å². The van der Waals surface area contributed by atoms with Gasteiger partial charge in [-0.1, -0.05) is 38.8 Å². The quantitative estimate of drug-likeness (QED) is 0.738. The van der Waals surface area contributed by atoms with Crippen LogP contribution in [-0.2, 0) is 14.8 Å². The van der Waals surface area contributed by atoms with Crippen LogP contribution in [0.25, 0.3) is 6.08 Å². The molecular weight excluding hydrogens is 348 g/mol. The molecule has 1 amide bonds. The molecule has 0 spiro atoms. The van der Waals surface area contributed by atoms with E-state index in [0.717, 1.165) is 44.1 Å². The second-order valence-electron chi connectivity index (χ2n) is 6.74. The largest absolute Gasteiger partial charge is 0.350 e. The van der Waals surface area contributed by atoms with Crippen molar-refractivity contribution in [3.05, 3.63) is 35.9 Å². The Balaban J connectivity index is 2.03. The number of sulfonamides is 1. The van der Waals surface area contributed by atoms with Crippen molar-refractivity contribution < 1.29 is 13.2 Å². The molecule has 1 N–H and O–H groups in total. The molecule has 1 heterocycles. The summed E-state index contributed by atoms with van der Waals surface area (Å²) in [6.45, 7) is 5.28. The average molecular weight is 379 g/mol. The number of carbonyl (C=O) groups excluding carboxylic acids is 1. The lowest BCUT2D eigenvalue weighted by atomic mass is 10.1. The molecule has 0 unspecified atom stereocenters. The van der Waals surface area contributed by atoms with Gasteiger partial charge in [-0.15, -0.1) is 0 Å². The molecule has 0 aromatic heterocycles. The van der Waals surface area contributed by atoms with Crippen molar-refractivity contribution in [3.63, 3.8) is 0 Å². The third kappa shape index (κ3) is 5.68. The predicted molar refractivity (Wildman–Crippen MR) is 105 cm³/mol. The van der Waals surface area contributed by atoms with Crippen molar-refractivity contribution in [1.82, 2.24) is 9.62 Å². The van der Waals surface area contributed by atoms with E-state index in [0.29, 0.717) is 18.0 Å². The van der Waals surface area contributed by atoms with E-state index in [4.69, 9.17) is 0 Å². The highest BCUT2D eigenvalue weighted by molar-refractivity contribution is 7.89. The molecule has 0 aliphatic carbocycles. The Kier molecular flexibility index (Phi) is 7.85. The Bertz CT molecular complexity index is 699. The number of amides is 1. The van der Waals surface area contributed by atoms with Gasteiger partial charge in [0.15, 0.2) is 0 Å². The predicted octanol–water partition coefficient (Wildman–Crippen LogP) is 3.57. The van der Waals surface area contributed by atoms with Gasteiger partial charge in [-0.2, -0.15) is 4.31 Å². The van der Waals surface area contributed by atoms with Gasteiger partial charge in [0.2, 0.25) is 15.9 Å². The van der Waals surface area contributed by atoms with Crippen LogP contribution in [0.15, 0.2) is 35.2 Å². The molecule has 6 heteroatoms. The summed E-state index contributed by atoms with van der Waals surface area (Å²) in [5.74, 6) is -0.125. The Morgan fingerprint density at radius 1 is 1.08 bits per heavy atom. The summed E-state index contributed by atoms with van der Waals surface area (Å²) in [5.41, 5.74) is 0.805. The van der Waals surface area contributed by atoms with Crippen molar-refractivity contribution in [1.29, 1.82) is 0 Å². The Hall–Kier alpha value is -1.66. The highest BCUT2D eigenvalue weighted by Gasteiger charge is 2.24. The van der Waals surface area contributed by atoms with Crippen LogP contribution in [0.5, 0.6) is 0 Å². The Morgan fingerprint density at radius 3 is 2.19 bits per heavy atom. The molecule has 1 fully saturated rings. The molecule has 1 aromatic rings. The van der Waals surface area contributed by atoms with E-state index in [-0.39, 0.29) is 11.9 Å². The summed E-state index contributed by atoms with van der Waals surface area (Å²) in [6.07, 6.45) is 9.04. The first-order valence-electron chi connectivity index (χ1n) is 9.56. The van der Waals surface area contributed by atoms with E-state index >= 15 is 0 Å². The number of rotatable bonds is 7. The fourth-order valence-corrected chi connectivity index (χ4v) is 4.61. The minimum atomic E-state index is -3.43. The molecule has 0 bridgehead atoms. The van der Waals surface area contributed by atoms with Gasteiger partial charge in [-0.25, -0.2) is 8.42 Å². The van der Waals surface area contributed by atoms with Crippen LogP contribution in [0.2, 0.25) is 0 Å². The molecule has 1 aliphatic rings. The molecule has 1 saturated heterocycles. The normalized spacial score (nSPS) is 16.7. The fraction of sp³-hybridized carbons (Fsp3) is 0.550. The Labute approximate surface area is 157 Å². The molecule has 2 rings (SSSR count). The molecule has 1 aliphatic heterocycles. The topological polar surface area (TPSA) is 66.5 Å². The van der Waals surface area contributed by atoms with Gasteiger partial charge in [-0.3, -0.25) is 4.79 Å². The number of carbonyl (C=O) groups is 1. The second-order valence-corrected chi connectivity index (χ2v) is 8.68. The summed E-state index contributed by atoms with van der Waals surface area (Å²) in [7, 11) is -3.43. The van der Waals surface area contributed by atoms with Crippen LogP contribution in [0, 0.1) is 0 Å². The second kappa shape index (κ2) is 9.88. The van der Waals surface area contributed by atoms with Crippen molar-refractivity contribution >= 4 is 22.0 Å². The zero-order chi connectivity index (χ0) is 19.0. The molecule has 144 valence electrons. The maximum absolute atomic E-state index is 12.7. The highest BCUT2D eigenvalue weighted by Crippen LogP contribution is 2.21. The third-order valence-corrected chi connectivity index (χ3v) is 6.75. The monoisotopic (exact) mass is 378 g/mol. The van der Waals surface area contributed by atoms with Gasteiger partial charge in [0.05, 0.1) is 4.90 Å². The summed E-state index contributed by atoms with van der Waals surface area (Å²) in [6, 6.07) is 6.92. The molecule has 1 aromatic carbocycles. The van der Waals surface area contributed by atoms with Crippen LogP contribution >= 0.6 is 0 Å². The summed E-state index contributed by atoms with van der Waals surface area (Å²) >= 11 is 0. The van der Waals surface area contributed by atoms with E-state index in [1.165, 1.54) is 6.08 Å². The van der Waals surface area contributed by atoms with Crippen LogP contribution in [0.1, 0.15) is 57.9 Å². The smallest absolute Gasteiger partial charge is 0.244 e. The summed E-state index contributed by atoms with van der Waals surface area (Å²) < 4.78 is 27.1. The zero-order valence-electron chi connectivity index (χ0n) is 15.8. The minimum Gasteiger partial charge on any atom is -0.350 e. The number of hydrogen-bond acceptors (Lipinski definition) is 3. The zero-order valence-corrected chi connectivity index (χ0v) is 16.6. The standard InChI is InChI=1S/C20H30N2O3S/c1-3-18(4-2)21-20(23)14-11-17-9-12-19(13-10-17)26(24,25)22-15-7-5-6-8-16-22/h9-14,18H,3-8,15-16H2,1-2H3,(H,21,23)/b14-11+. The van der Waals surface area contributed by atoms with E-state index in [1.54, 1.807) is 34.6 Å². The Morgan fingerprint density at radius 2 is 1.65 bits per heavy atom. The van der Waals surface area contributed by atoms with Crippen LogP contribution in [-0.4, -0.2) is 37.8 Å². The SMILES string of the molecule is CCC(CC)NC(=O)/C=C/c1ccc(S(=O)(=O)N2CCCCCC2)cc1. The fourth-order valence-electron chi connectivity index (χ4n) is 3.10. The first kappa shape index (κ1) is 20.6. The van der Waals surface area contributed by atoms with Crippen molar-refractivity contribution in [2.45, 2.75) is 63.3 Å². The van der Waals surface area contributed by atoms with Crippen molar-refractivity contribution in [3.8, 4) is 0 Å². The minimum absolute atomic E-state index is 0.125. The van der Waals surface area contributed by atoms with E-state index in [1.807, 2.05) is 13.8 Å². The summed E-state index contributed by atoms with van der Waals surface area (Å²) in [4.78, 5) is 12.2. The van der Waals surface area contributed by atoms with E-state index in [2.05, 4.69) is 5.32 Å². The highest BCUT2D eigenvalue weighted by atomic mass is 32.2. The van der Waals surface area contributed by atoms with Gasteiger partial charge in [0, 0.05) is 25.2 Å². The molecule has 5 nitrogen and oxygen atoms in total. The van der Waals surface area contributed by atoms with Gasteiger partial charge in [-0.05, 0) is 49.5 Å². The number of hydrogen-bond donors (Lipinski definition) is 1. The van der Waals surface area contributed by atoms with Gasteiger partial charge < -0.3 is 5.32 Å². The van der Waals surface area contributed by atoms with Gasteiger partial charge in [0.1, 0.15) is 0 Å². The first-order chi connectivity index (χ1) is 12.5. The lowest BCUT2D eigenvalue weighted by Gasteiger charge is -2.19. The maximum Gasteiger partial charge on any atom is 0.244 e. The molecule has 0 saturated carbocycles. The number of benzene rings is 1. The molecule has 0 radical (unpaired) electrons. The molecule has 26 heavy (non-hydrogen) atoms. The number of nitrogens with zero attached hydrogens (tertiary/aromatic N) is 1. The lowest BCUT2D eigenvalue weighted by Crippen LogP contribution is -2.32. The van der Waals surface area contributed by atoms with Crippen LogP contribution < -0.4 is 5.32 Å². The van der Waals surface area contributed by atoms with Gasteiger partial charge in [0.25, 0.3) is 0 Å². The van der Waals surface area contributed by atoms with Crippen LogP contribution in [0.3, 0.4) is 0 Å². The molecule has 0 atom stereocenters. The van der Waals surface area contributed by atoms with Crippen molar-refractivity contribution in [2.24, 2.45) is 0 Å². The van der Waals surface area contributed by atoms with Gasteiger partial charge >= 0.3 is 0 Å². The summed E-state index contributed by atoms with van der Waals surface area (Å²) in [5, 5.41) is 2.94. The van der Waals surface area contributed by atoms with E-state index < -0.39 is 10.0 Å². The molecular formula is C20H30N2O3S. The average Bonchev–Trinajstić information content (AvgIpc) is 2.95. The van der Waals surface area contributed by atoms with Crippen molar-refractivity contribution in [2.75, 3.05) is 13.1 Å². The number of nitrogens with one attached hydrogen (secondary N) is 1. The third-order valence-electron chi connectivity index (χ3n) is 4.84. The van der Waals surface area contributed by atoms with Crippen LogP contribution in [0.4, 0.5) is 0 Å². The maximum atomic E-state index is 12.7. The lowest BCUT2D eigenvalue weighted by molar-refractivity contribution is -0.117. The first-order valence-corrected chi connectivity index (χ1v) is 11.0.